The summed E-state index contributed by atoms with van der Waals surface area (Å²) in [5.41, 5.74) is 1.96. The third kappa shape index (κ3) is 5.74. The minimum Gasteiger partial charge on any atom is -0.459 e. The second-order valence-corrected chi connectivity index (χ2v) is 8.35. The van der Waals surface area contributed by atoms with Gasteiger partial charge in [0.2, 0.25) is 5.95 Å². The highest BCUT2D eigenvalue weighted by atomic mass is 16.5. The van der Waals surface area contributed by atoms with Gasteiger partial charge in [-0.1, -0.05) is 0 Å². The Morgan fingerprint density at radius 1 is 1.27 bits per heavy atom. The fourth-order valence-electron chi connectivity index (χ4n) is 3.06. The number of aliphatic hydroxyl groups is 1. The first-order chi connectivity index (χ1) is 15.7. The molecule has 33 heavy (non-hydrogen) atoms. The molecular formula is C22H32N8O3. The summed E-state index contributed by atoms with van der Waals surface area (Å²) in [7, 11) is 5.68. The van der Waals surface area contributed by atoms with Crippen LogP contribution in [-0.2, 0) is 11.3 Å². The van der Waals surface area contributed by atoms with E-state index in [-0.39, 0.29) is 31.5 Å². The van der Waals surface area contributed by atoms with Crippen LogP contribution in [0, 0.1) is 6.92 Å². The molecule has 3 rings (SSSR count). The van der Waals surface area contributed by atoms with E-state index < -0.39 is 5.97 Å². The number of likely N-dealkylation sites (N-methyl/N-ethyl adjacent to an activating group) is 1. The van der Waals surface area contributed by atoms with Crippen LogP contribution in [0.15, 0.2) is 18.3 Å². The normalized spacial score (nSPS) is 11.4. The molecule has 0 fully saturated rings. The van der Waals surface area contributed by atoms with Crippen molar-refractivity contribution in [2.75, 3.05) is 51.1 Å². The van der Waals surface area contributed by atoms with E-state index in [0.29, 0.717) is 35.2 Å². The van der Waals surface area contributed by atoms with Gasteiger partial charge in [-0.25, -0.2) is 14.8 Å². The Kier molecular flexibility index (Phi) is 7.77. The molecule has 11 nitrogen and oxygen atoms in total. The van der Waals surface area contributed by atoms with Gasteiger partial charge in [-0.2, -0.15) is 10.1 Å². The smallest absolute Gasteiger partial charge is 0.361 e. The van der Waals surface area contributed by atoms with Crippen molar-refractivity contribution in [2.45, 2.75) is 33.4 Å². The van der Waals surface area contributed by atoms with Gasteiger partial charge in [0.25, 0.3) is 0 Å². The predicted molar refractivity (Wildman–Crippen MR) is 127 cm³/mol. The lowest BCUT2D eigenvalue weighted by Crippen LogP contribution is -2.28. The zero-order valence-corrected chi connectivity index (χ0v) is 20.0. The molecule has 2 N–H and O–H groups in total. The lowest BCUT2D eigenvalue weighted by atomic mass is 10.3. The number of hydrogen-bond acceptors (Lipinski definition) is 10. The number of aromatic nitrogens is 5. The molecule has 0 radical (unpaired) electrons. The van der Waals surface area contributed by atoms with Gasteiger partial charge in [-0.15, -0.1) is 0 Å². The first-order valence-electron chi connectivity index (χ1n) is 10.8. The van der Waals surface area contributed by atoms with Crippen LogP contribution in [0.2, 0.25) is 0 Å². The van der Waals surface area contributed by atoms with Gasteiger partial charge in [0, 0.05) is 25.8 Å². The van der Waals surface area contributed by atoms with Gasteiger partial charge >= 0.3 is 5.97 Å². The number of aryl methyl sites for hydroxylation is 1. The summed E-state index contributed by atoms with van der Waals surface area (Å²) in [6, 6.07) is 3.91. The fraction of sp³-hybridized carbons (Fsp3) is 0.500. The lowest BCUT2D eigenvalue weighted by Gasteiger charge is -2.22. The number of anilines is 3. The molecule has 0 bridgehead atoms. The van der Waals surface area contributed by atoms with Crippen LogP contribution >= 0.6 is 0 Å². The number of ether oxygens (including phenoxy) is 1. The maximum Gasteiger partial charge on any atom is 0.361 e. The summed E-state index contributed by atoms with van der Waals surface area (Å²) in [5, 5.41) is 17.3. The Hall–Kier alpha value is -3.31. The maximum absolute atomic E-state index is 12.9. The molecule has 3 aromatic rings. The Morgan fingerprint density at radius 2 is 2.03 bits per heavy atom. The standard InChI is InChI=1S/C22H32N8O3/c1-14(2)29(6)22-25-17-18(21(32)33-12-10-28(4)5)27-30(9-11-31)19(17)20(26-22)24-16-13-15(3)7-8-23-16/h7-8,13-14,31H,9-12H2,1-6H3,(H,23,24,25,26). The van der Waals surface area contributed by atoms with Gasteiger partial charge < -0.3 is 25.0 Å². The van der Waals surface area contributed by atoms with E-state index in [1.807, 2.05) is 63.8 Å². The molecule has 0 aromatic carbocycles. The topological polar surface area (TPSA) is 122 Å². The number of nitrogens with one attached hydrogen (secondary N) is 1. The third-order valence-corrected chi connectivity index (χ3v) is 5.10. The van der Waals surface area contributed by atoms with E-state index in [0.717, 1.165) is 5.56 Å². The second kappa shape index (κ2) is 10.5. The zero-order valence-electron chi connectivity index (χ0n) is 20.0. The number of esters is 1. The van der Waals surface area contributed by atoms with E-state index in [1.165, 1.54) is 4.68 Å². The van der Waals surface area contributed by atoms with Gasteiger partial charge in [-0.3, -0.25) is 4.68 Å². The number of nitrogens with zero attached hydrogens (tertiary/aromatic N) is 7. The highest BCUT2D eigenvalue weighted by Crippen LogP contribution is 2.29. The Morgan fingerprint density at radius 3 is 2.67 bits per heavy atom. The van der Waals surface area contributed by atoms with E-state index in [2.05, 4.69) is 20.4 Å². The highest BCUT2D eigenvalue weighted by Gasteiger charge is 2.25. The summed E-state index contributed by atoms with van der Waals surface area (Å²) >= 11 is 0. The van der Waals surface area contributed by atoms with E-state index >= 15 is 0 Å². The van der Waals surface area contributed by atoms with Crippen molar-refractivity contribution in [1.29, 1.82) is 0 Å². The number of pyridine rings is 1. The molecule has 0 amide bonds. The van der Waals surface area contributed by atoms with Crippen molar-refractivity contribution in [2.24, 2.45) is 0 Å². The van der Waals surface area contributed by atoms with Crippen molar-refractivity contribution < 1.29 is 14.6 Å². The van der Waals surface area contributed by atoms with E-state index in [4.69, 9.17) is 9.72 Å². The number of rotatable bonds is 10. The van der Waals surface area contributed by atoms with Gasteiger partial charge in [-0.05, 0) is 52.6 Å². The summed E-state index contributed by atoms with van der Waals surface area (Å²) in [5.74, 6) is 0.891. The number of fused-ring (bicyclic) bond motifs is 1. The number of carbonyl (C=O) groups excluding carboxylic acids is 1. The summed E-state index contributed by atoms with van der Waals surface area (Å²) < 4.78 is 6.96. The molecular weight excluding hydrogens is 424 g/mol. The molecule has 0 aliphatic carbocycles. The number of carbonyl (C=O) groups is 1. The Labute approximate surface area is 193 Å². The molecule has 11 heteroatoms. The van der Waals surface area contributed by atoms with Crippen molar-refractivity contribution in [3.8, 4) is 0 Å². The fourth-order valence-corrected chi connectivity index (χ4v) is 3.06. The molecule has 0 saturated carbocycles. The lowest BCUT2D eigenvalue weighted by molar-refractivity contribution is 0.0475. The molecule has 3 heterocycles. The Balaban J connectivity index is 2.15. The molecule has 0 aliphatic heterocycles. The minimum atomic E-state index is -0.574. The van der Waals surface area contributed by atoms with Crippen LogP contribution in [-0.4, -0.2) is 87.7 Å². The summed E-state index contributed by atoms with van der Waals surface area (Å²) in [6.07, 6.45) is 1.70. The van der Waals surface area contributed by atoms with Crippen LogP contribution in [0.3, 0.4) is 0 Å². The summed E-state index contributed by atoms with van der Waals surface area (Å²) in [6.45, 7) is 6.83. The largest absolute Gasteiger partial charge is 0.459 e. The average Bonchev–Trinajstić information content (AvgIpc) is 3.12. The van der Waals surface area contributed by atoms with Crippen molar-refractivity contribution in [1.82, 2.24) is 29.6 Å². The molecule has 0 saturated heterocycles. The maximum atomic E-state index is 12.9. The molecule has 0 aliphatic rings. The van der Waals surface area contributed by atoms with Gasteiger partial charge in [0.1, 0.15) is 23.5 Å². The molecule has 3 aromatic heterocycles. The third-order valence-electron chi connectivity index (χ3n) is 5.10. The Bertz CT molecular complexity index is 1110. The first kappa shape index (κ1) is 24.3. The van der Waals surface area contributed by atoms with E-state index in [1.54, 1.807) is 6.20 Å². The van der Waals surface area contributed by atoms with Crippen molar-refractivity contribution in [3.05, 3.63) is 29.6 Å². The van der Waals surface area contributed by atoms with Crippen LogP contribution in [0.25, 0.3) is 11.0 Å². The minimum absolute atomic E-state index is 0.0817. The molecule has 0 unspecified atom stereocenters. The van der Waals surface area contributed by atoms with Crippen molar-refractivity contribution in [3.63, 3.8) is 0 Å². The van der Waals surface area contributed by atoms with Crippen LogP contribution in [0.1, 0.15) is 29.9 Å². The van der Waals surface area contributed by atoms with E-state index in [9.17, 15) is 9.90 Å². The molecule has 0 spiro atoms. The molecule has 178 valence electrons. The second-order valence-electron chi connectivity index (χ2n) is 8.35. The van der Waals surface area contributed by atoms with Crippen LogP contribution in [0.5, 0.6) is 0 Å². The van der Waals surface area contributed by atoms with Gasteiger partial charge in [0.15, 0.2) is 11.5 Å². The quantitative estimate of drug-likeness (QED) is 0.437. The van der Waals surface area contributed by atoms with Gasteiger partial charge in [0.05, 0.1) is 13.2 Å². The SMILES string of the molecule is Cc1ccnc(Nc2nc(N(C)C(C)C)nc3c(C(=O)OCCN(C)C)nn(CCO)c23)c1. The number of aliphatic hydroxyl groups excluding tert-OH is 1. The monoisotopic (exact) mass is 456 g/mol. The predicted octanol–water partition coefficient (Wildman–Crippen LogP) is 1.83. The van der Waals surface area contributed by atoms with Crippen LogP contribution < -0.4 is 10.2 Å². The summed E-state index contributed by atoms with van der Waals surface area (Å²) in [4.78, 5) is 30.5. The zero-order chi connectivity index (χ0) is 24.1. The van der Waals surface area contributed by atoms with Crippen LogP contribution in [0.4, 0.5) is 17.6 Å². The average molecular weight is 457 g/mol. The molecule has 0 atom stereocenters. The first-order valence-corrected chi connectivity index (χ1v) is 10.8. The van der Waals surface area contributed by atoms with Crippen molar-refractivity contribution >= 4 is 34.6 Å². The number of hydrogen-bond donors (Lipinski definition) is 2. The highest BCUT2D eigenvalue weighted by molar-refractivity contribution is 6.03.